The fourth-order valence-corrected chi connectivity index (χ4v) is 1.87. The fourth-order valence-electron chi connectivity index (χ4n) is 1.72. The van der Waals surface area contributed by atoms with Gasteiger partial charge in [0.05, 0.1) is 14.2 Å². The number of hydrogen-bond acceptors (Lipinski definition) is 4. The van der Waals surface area contributed by atoms with E-state index in [1.54, 1.807) is 14.2 Å². The van der Waals surface area contributed by atoms with Gasteiger partial charge in [0, 0.05) is 23.6 Å². The van der Waals surface area contributed by atoms with Crippen LogP contribution < -0.4 is 20.7 Å². The monoisotopic (exact) mass is 258 g/mol. The molecule has 0 bridgehead atoms. The van der Waals surface area contributed by atoms with Crippen molar-refractivity contribution >= 4 is 11.6 Å². The number of nitrogens with one attached hydrogen (secondary N) is 1. The number of alkyl halides is 1. The molecule has 1 aromatic rings. The number of nitrogens with two attached hydrogens (primary N) is 1. The maximum Gasteiger partial charge on any atom is 0.127 e. The Kier molecular flexibility index (Phi) is 6.11. The molecule has 0 fully saturated rings. The molecule has 0 amide bonds. The van der Waals surface area contributed by atoms with Gasteiger partial charge in [0.1, 0.15) is 11.5 Å². The van der Waals surface area contributed by atoms with Gasteiger partial charge < -0.3 is 9.47 Å². The highest BCUT2D eigenvalue weighted by atomic mass is 35.5. The summed E-state index contributed by atoms with van der Waals surface area (Å²) < 4.78 is 10.5. The van der Waals surface area contributed by atoms with Gasteiger partial charge >= 0.3 is 0 Å². The van der Waals surface area contributed by atoms with Crippen molar-refractivity contribution < 1.29 is 9.47 Å². The average Bonchev–Trinajstić information content (AvgIpc) is 2.39. The van der Waals surface area contributed by atoms with Crippen molar-refractivity contribution in [1.29, 1.82) is 0 Å². The van der Waals surface area contributed by atoms with Gasteiger partial charge in [-0.1, -0.05) is 6.07 Å². The van der Waals surface area contributed by atoms with Crippen molar-refractivity contribution in [3.63, 3.8) is 0 Å². The van der Waals surface area contributed by atoms with Crippen molar-refractivity contribution in [2.24, 2.45) is 5.84 Å². The highest BCUT2D eigenvalue weighted by Crippen LogP contribution is 2.31. The summed E-state index contributed by atoms with van der Waals surface area (Å²) in [4.78, 5) is 0. The van der Waals surface area contributed by atoms with E-state index in [1.807, 2.05) is 18.2 Å². The second kappa shape index (κ2) is 7.37. The quantitative estimate of drug-likeness (QED) is 0.447. The molecule has 3 N–H and O–H groups in total. The van der Waals surface area contributed by atoms with Crippen molar-refractivity contribution in [2.45, 2.75) is 18.9 Å². The van der Waals surface area contributed by atoms with Gasteiger partial charge in [-0.15, -0.1) is 11.6 Å². The third-order valence-electron chi connectivity index (χ3n) is 2.64. The first-order chi connectivity index (χ1) is 8.26. The van der Waals surface area contributed by atoms with Gasteiger partial charge in [-0.25, -0.2) is 0 Å². The normalized spacial score (nSPS) is 12.2. The number of halogens is 1. The topological polar surface area (TPSA) is 56.5 Å². The minimum Gasteiger partial charge on any atom is -0.497 e. The minimum absolute atomic E-state index is 0.0367. The number of ether oxygens (including phenoxy) is 2. The molecule has 1 atom stereocenters. The number of methoxy groups -OCH3 is 2. The van der Waals surface area contributed by atoms with Crippen LogP contribution in [0.15, 0.2) is 18.2 Å². The molecule has 0 aliphatic heterocycles. The molecule has 5 heteroatoms. The van der Waals surface area contributed by atoms with Gasteiger partial charge in [-0.05, 0) is 18.9 Å². The predicted molar refractivity (Wildman–Crippen MR) is 69.6 cm³/mol. The molecule has 17 heavy (non-hydrogen) atoms. The Morgan fingerprint density at radius 2 is 2.12 bits per heavy atom. The van der Waals surface area contributed by atoms with E-state index in [-0.39, 0.29) is 6.04 Å². The lowest BCUT2D eigenvalue weighted by Gasteiger charge is -2.19. The number of hydrogen-bond donors (Lipinski definition) is 2. The Hall–Kier alpha value is -0.970. The Bertz CT molecular complexity index is 347. The standard InChI is InChI=1S/C12H19ClN2O2/c1-16-9-5-6-10(12(8-9)17-2)11(15-14)4-3-7-13/h5-6,8,11,15H,3-4,7,14H2,1-2H3. The Labute approximate surface area is 107 Å². The predicted octanol–water partition coefficient (Wildman–Crippen LogP) is 2.23. The largest absolute Gasteiger partial charge is 0.497 e. The lowest BCUT2D eigenvalue weighted by atomic mass is 10.0. The molecule has 0 aromatic heterocycles. The Balaban J connectivity index is 2.93. The van der Waals surface area contributed by atoms with Crippen molar-refractivity contribution in [2.75, 3.05) is 20.1 Å². The van der Waals surface area contributed by atoms with E-state index in [0.29, 0.717) is 5.88 Å². The molecule has 1 aromatic carbocycles. The van der Waals surface area contributed by atoms with Crippen LogP contribution in [0.4, 0.5) is 0 Å². The summed E-state index contributed by atoms with van der Waals surface area (Å²) in [5.41, 5.74) is 3.80. The molecule has 0 saturated carbocycles. The molecule has 0 aliphatic rings. The first-order valence-electron chi connectivity index (χ1n) is 5.50. The van der Waals surface area contributed by atoms with Crippen LogP contribution in [0.2, 0.25) is 0 Å². The summed E-state index contributed by atoms with van der Waals surface area (Å²) in [5, 5.41) is 0. The second-order valence-corrected chi connectivity index (χ2v) is 4.04. The van der Waals surface area contributed by atoms with Crippen LogP contribution in [-0.2, 0) is 0 Å². The van der Waals surface area contributed by atoms with E-state index in [4.69, 9.17) is 26.9 Å². The molecule has 96 valence electrons. The molecular weight excluding hydrogens is 240 g/mol. The molecule has 0 aliphatic carbocycles. The van der Waals surface area contributed by atoms with E-state index in [9.17, 15) is 0 Å². The maximum atomic E-state index is 5.69. The SMILES string of the molecule is COc1ccc(C(CCCCl)NN)c(OC)c1. The second-order valence-electron chi connectivity index (χ2n) is 3.66. The highest BCUT2D eigenvalue weighted by Gasteiger charge is 2.15. The van der Waals surface area contributed by atoms with E-state index in [2.05, 4.69) is 5.43 Å². The Morgan fingerprint density at radius 1 is 1.35 bits per heavy atom. The fraction of sp³-hybridized carbons (Fsp3) is 0.500. The lowest BCUT2D eigenvalue weighted by molar-refractivity contribution is 0.382. The van der Waals surface area contributed by atoms with E-state index >= 15 is 0 Å². The maximum absolute atomic E-state index is 5.69. The van der Waals surface area contributed by atoms with Gasteiger partial charge in [-0.3, -0.25) is 11.3 Å². The van der Waals surface area contributed by atoms with Crippen LogP contribution in [-0.4, -0.2) is 20.1 Å². The summed E-state index contributed by atoms with van der Waals surface area (Å²) in [6.07, 6.45) is 1.76. The molecule has 4 nitrogen and oxygen atoms in total. The van der Waals surface area contributed by atoms with Gasteiger partial charge in [0.15, 0.2) is 0 Å². The van der Waals surface area contributed by atoms with E-state index in [0.717, 1.165) is 29.9 Å². The van der Waals surface area contributed by atoms with Crippen LogP contribution in [0, 0.1) is 0 Å². The summed E-state index contributed by atoms with van der Waals surface area (Å²) >= 11 is 5.69. The summed E-state index contributed by atoms with van der Waals surface area (Å²) in [6.45, 7) is 0. The zero-order valence-corrected chi connectivity index (χ0v) is 11.0. The van der Waals surface area contributed by atoms with Crippen LogP contribution >= 0.6 is 11.6 Å². The summed E-state index contributed by atoms with van der Waals surface area (Å²) in [7, 11) is 3.26. The molecule has 0 spiro atoms. The van der Waals surface area contributed by atoms with Crippen LogP contribution in [0.3, 0.4) is 0 Å². The van der Waals surface area contributed by atoms with Crippen molar-refractivity contribution in [1.82, 2.24) is 5.43 Å². The minimum atomic E-state index is 0.0367. The van der Waals surface area contributed by atoms with Gasteiger partial charge in [-0.2, -0.15) is 0 Å². The molecule has 0 saturated heterocycles. The first-order valence-corrected chi connectivity index (χ1v) is 6.04. The number of benzene rings is 1. The zero-order valence-electron chi connectivity index (χ0n) is 10.2. The summed E-state index contributed by atoms with van der Waals surface area (Å²) in [5.74, 6) is 7.71. The first kappa shape index (κ1) is 14.1. The van der Waals surface area contributed by atoms with Gasteiger partial charge in [0.25, 0.3) is 0 Å². The van der Waals surface area contributed by atoms with E-state index in [1.165, 1.54) is 0 Å². The molecule has 1 unspecified atom stereocenters. The number of hydrazine groups is 1. The van der Waals surface area contributed by atoms with Crippen LogP contribution in [0.1, 0.15) is 24.4 Å². The smallest absolute Gasteiger partial charge is 0.127 e. The van der Waals surface area contributed by atoms with Crippen LogP contribution in [0.25, 0.3) is 0 Å². The molecule has 1 rings (SSSR count). The third-order valence-corrected chi connectivity index (χ3v) is 2.91. The average molecular weight is 259 g/mol. The van der Waals surface area contributed by atoms with Crippen LogP contribution in [0.5, 0.6) is 11.5 Å². The van der Waals surface area contributed by atoms with Crippen molar-refractivity contribution in [3.8, 4) is 11.5 Å². The highest BCUT2D eigenvalue weighted by molar-refractivity contribution is 6.17. The zero-order chi connectivity index (χ0) is 12.7. The summed E-state index contributed by atoms with van der Waals surface area (Å²) in [6, 6.07) is 5.73. The Morgan fingerprint density at radius 3 is 2.65 bits per heavy atom. The van der Waals surface area contributed by atoms with Crippen molar-refractivity contribution in [3.05, 3.63) is 23.8 Å². The molecular formula is C12H19ClN2O2. The lowest BCUT2D eigenvalue weighted by Crippen LogP contribution is -2.28. The van der Waals surface area contributed by atoms with Gasteiger partial charge in [0.2, 0.25) is 0 Å². The molecule has 0 radical (unpaired) electrons. The van der Waals surface area contributed by atoms with E-state index < -0.39 is 0 Å². The number of rotatable bonds is 7. The third kappa shape index (κ3) is 3.77. The molecule has 0 heterocycles.